The first kappa shape index (κ1) is 22.3. The largest absolute Gasteiger partial charge is 0.405 e. The van der Waals surface area contributed by atoms with Crippen LogP contribution in [-0.4, -0.2) is 37.6 Å². The summed E-state index contributed by atoms with van der Waals surface area (Å²) < 4.78 is 36.7. The predicted octanol–water partition coefficient (Wildman–Crippen LogP) is 3.45. The van der Waals surface area contributed by atoms with E-state index in [0.717, 1.165) is 18.4 Å². The minimum absolute atomic E-state index is 0.000198. The van der Waals surface area contributed by atoms with E-state index < -0.39 is 18.6 Å². The molecule has 0 aromatic heterocycles. The van der Waals surface area contributed by atoms with E-state index in [2.05, 4.69) is 10.6 Å². The summed E-state index contributed by atoms with van der Waals surface area (Å²) in [6, 6.07) is 14.4. The smallest absolute Gasteiger partial charge is 0.376 e. The standard InChI is InChI=1S/C21H24F3N3O2/c1-15-9-10-17(20(29)27-14-21(22,23)24)12-18(15)26-13-19(28)25-11-5-8-16-6-3-2-4-7-16/h2-4,6-7,9-10,12,26H,5,8,11,13-14H2,1H3,(H,25,28)(H,27,29). The van der Waals surface area contributed by atoms with Gasteiger partial charge in [0.2, 0.25) is 5.91 Å². The number of anilines is 1. The van der Waals surface area contributed by atoms with Crippen molar-refractivity contribution in [2.75, 3.05) is 25.0 Å². The van der Waals surface area contributed by atoms with Crippen LogP contribution >= 0.6 is 0 Å². The summed E-state index contributed by atoms with van der Waals surface area (Å²) in [7, 11) is 0. The monoisotopic (exact) mass is 407 g/mol. The molecule has 0 bridgehead atoms. The molecule has 0 saturated carbocycles. The fourth-order valence-electron chi connectivity index (χ4n) is 2.64. The van der Waals surface area contributed by atoms with Crippen LogP contribution < -0.4 is 16.0 Å². The van der Waals surface area contributed by atoms with Crippen molar-refractivity contribution in [3.63, 3.8) is 0 Å². The maximum atomic E-state index is 12.2. The lowest BCUT2D eigenvalue weighted by molar-refractivity contribution is -0.123. The van der Waals surface area contributed by atoms with E-state index in [1.54, 1.807) is 13.0 Å². The molecule has 0 unspecified atom stereocenters. The number of nitrogens with one attached hydrogen (secondary N) is 3. The van der Waals surface area contributed by atoms with Crippen LogP contribution in [-0.2, 0) is 11.2 Å². The van der Waals surface area contributed by atoms with E-state index in [4.69, 9.17) is 0 Å². The molecule has 0 saturated heterocycles. The zero-order valence-corrected chi connectivity index (χ0v) is 16.1. The third kappa shape index (κ3) is 8.25. The second-order valence-corrected chi connectivity index (χ2v) is 6.62. The van der Waals surface area contributed by atoms with Gasteiger partial charge in [-0.1, -0.05) is 36.4 Å². The van der Waals surface area contributed by atoms with Crippen LogP contribution in [0.25, 0.3) is 0 Å². The molecule has 0 aliphatic heterocycles. The zero-order valence-electron chi connectivity index (χ0n) is 16.1. The van der Waals surface area contributed by atoms with Crippen LogP contribution in [0.2, 0.25) is 0 Å². The number of rotatable bonds is 9. The first-order valence-electron chi connectivity index (χ1n) is 9.25. The minimum atomic E-state index is -4.47. The number of aryl methyl sites for hydroxylation is 2. The van der Waals surface area contributed by atoms with Crippen molar-refractivity contribution in [3.05, 3.63) is 65.2 Å². The highest BCUT2D eigenvalue weighted by molar-refractivity contribution is 5.95. The Morgan fingerprint density at radius 3 is 2.41 bits per heavy atom. The molecule has 3 N–H and O–H groups in total. The lowest BCUT2D eigenvalue weighted by Crippen LogP contribution is -2.33. The van der Waals surface area contributed by atoms with E-state index in [0.29, 0.717) is 12.2 Å². The maximum absolute atomic E-state index is 12.2. The Bertz CT molecular complexity index is 824. The molecule has 0 aliphatic rings. The molecule has 0 atom stereocenters. The van der Waals surface area contributed by atoms with Gasteiger partial charge in [0.25, 0.3) is 5.91 Å². The first-order valence-corrected chi connectivity index (χ1v) is 9.25. The van der Waals surface area contributed by atoms with Crippen molar-refractivity contribution in [3.8, 4) is 0 Å². The molecule has 2 aromatic carbocycles. The van der Waals surface area contributed by atoms with E-state index in [-0.39, 0.29) is 18.0 Å². The van der Waals surface area contributed by atoms with Crippen molar-refractivity contribution in [2.45, 2.75) is 25.9 Å². The number of carbonyl (C=O) groups is 2. The second kappa shape index (κ2) is 10.5. The Morgan fingerprint density at radius 1 is 1.00 bits per heavy atom. The second-order valence-electron chi connectivity index (χ2n) is 6.62. The van der Waals surface area contributed by atoms with Gasteiger partial charge in [-0.3, -0.25) is 9.59 Å². The third-order valence-electron chi connectivity index (χ3n) is 4.20. The number of halogens is 3. The fraction of sp³-hybridized carbons (Fsp3) is 0.333. The van der Waals surface area contributed by atoms with Gasteiger partial charge in [-0.2, -0.15) is 13.2 Å². The molecule has 0 fully saturated rings. The molecule has 156 valence electrons. The molecule has 2 rings (SSSR count). The minimum Gasteiger partial charge on any atom is -0.376 e. The number of amides is 2. The molecule has 2 aromatic rings. The van der Waals surface area contributed by atoms with Gasteiger partial charge >= 0.3 is 6.18 Å². The number of hydrogen-bond acceptors (Lipinski definition) is 3. The molecule has 5 nitrogen and oxygen atoms in total. The van der Waals surface area contributed by atoms with Gasteiger partial charge in [0.05, 0.1) is 6.54 Å². The summed E-state index contributed by atoms with van der Waals surface area (Å²) in [5.74, 6) is -1.03. The van der Waals surface area contributed by atoms with E-state index in [1.165, 1.54) is 17.7 Å². The summed E-state index contributed by atoms with van der Waals surface area (Å²) >= 11 is 0. The number of alkyl halides is 3. The summed E-state index contributed by atoms with van der Waals surface area (Å²) in [5.41, 5.74) is 2.58. The SMILES string of the molecule is Cc1ccc(C(=O)NCC(F)(F)F)cc1NCC(=O)NCCCc1ccccc1. The van der Waals surface area contributed by atoms with Gasteiger partial charge in [0.1, 0.15) is 6.54 Å². The molecule has 0 spiro atoms. The van der Waals surface area contributed by atoms with Gasteiger partial charge in [0, 0.05) is 17.8 Å². The van der Waals surface area contributed by atoms with Crippen LogP contribution in [0, 0.1) is 6.92 Å². The van der Waals surface area contributed by atoms with E-state index >= 15 is 0 Å². The molecule has 0 aliphatic carbocycles. The Labute approximate surface area is 167 Å². The average Bonchev–Trinajstić information content (AvgIpc) is 2.69. The van der Waals surface area contributed by atoms with Crippen LogP contribution in [0.1, 0.15) is 27.9 Å². The Morgan fingerprint density at radius 2 is 1.72 bits per heavy atom. The fourth-order valence-corrected chi connectivity index (χ4v) is 2.64. The number of benzene rings is 2. The molecular formula is C21H24F3N3O2. The molecule has 29 heavy (non-hydrogen) atoms. The van der Waals surface area contributed by atoms with Crippen LogP contribution in [0.5, 0.6) is 0 Å². The maximum Gasteiger partial charge on any atom is 0.405 e. The third-order valence-corrected chi connectivity index (χ3v) is 4.20. The average molecular weight is 407 g/mol. The number of hydrogen-bond donors (Lipinski definition) is 3. The van der Waals surface area contributed by atoms with E-state index in [1.807, 2.05) is 35.6 Å². The Hall–Kier alpha value is -3.03. The number of carbonyl (C=O) groups excluding carboxylic acids is 2. The predicted molar refractivity (Wildman–Crippen MR) is 106 cm³/mol. The van der Waals surface area contributed by atoms with Crippen LogP contribution in [0.15, 0.2) is 48.5 Å². The summed E-state index contributed by atoms with van der Waals surface area (Å²) in [5, 5.41) is 7.56. The van der Waals surface area contributed by atoms with Gasteiger partial charge in [-0.15, -0.1) is 0 Å². The molecular weight excluding hydrogens is 383 g/mol. The van der Waals surface area contributed by atoms with Crippen molar-refractivity contribution in [1.82, 2.24) is 10.6 Å². The first-order chi connectivity index (χ1) is 13.7. The Kier molecular flexibility index (Phi) is 8.06. The van der Waals surface area contributed by atoms with E-state index in [9.17, 15) is 22.8 Å². The highest BCUT2D eigenvalue weighted by Gasteiger charge is 2.27. The van der Waals surface area contributed by atoms with Gasteiger partial charge in [-0.05, 0) is 43.0 Å². The summed E-state index contributed by atoms with van der Waals surface area (Å²) in [4.78, 5) is 23.9. The summed E-state index contributed by atoms with van der Waals surface area (Å²) in [6.45, 7) is 0.916. The normalized spacial score (nSPS) is 11.0. The lowest BCUT2D eigenvalue weighted by atomic mass is 10.1. The molecule has 0 radical (unpaired) electrons. The summed E-state index contributed by atoms with van der Waals surface area (Å²) in [6.07, 6.45) is -2.80. The van der Waals surface area contributed by atoms with Crippen molar-refractivity contribution >= 4 is 17.5 Å². The van der Waals surface area contributed by atoms with Crippen molar-refractivity contribution in [2.24, 2.45) is 0 Å². The molecule has 8 heteroatoms. The highest BCUT2D eigenvalue weighted by atomic mass is 19.4. The van der Waals surface area contributed by atoms with Crippen molar-refractivity contribution in [1.29, 1.82) is 0 Å². The topological polar surface area (TPSA) is 70.2 Å². The van der Waals surface area contributed by atoms with Gasteiger partial charge < -0.3 is 16.0 Å². The van der Waals surface area contributed by atoms with Crippen LogP contribution in [0.4, 0.5) is 18.9 Å². The zero-order chi connectivity index (χ0) is 21.3. The van der Waals surface area contributed by atoms with Gasteiger partial charge in [-0.25, -0.2) is 0 Å². The van der Waals surface area contributed by atoms with Gasteiger partial charge in [0.15, 0.2) is 0 Å². The molecule has 2 amide bonds. The van der Waals surface area contributed by atoms with Crippen molar-refractivity contribution < 1.29 is 22.8 Å². The lowest BCUT2D eigenvalue weighted by Gasteiger charge is -2.13. The quantitative estimate of drug-likeness (QED) is 0.558. The molecule has 0 heterocycles. The van der Waals surface area contributed by atoms with Crippen LogP contribution in [0.3, 0.4) is 0 Å². The highest BCUT2D eigenvalue weighted by Crippen LogP contribution is 2.17. The Balaban J connectivity index is 1.78.